The highest BCUT2D eigenvalue weighted by Crippen LogP contribution is 2.30. The van der Waals surface area contributed by atoms with Gasteiger partial charge in [-0.2, -0.15) is 5.10 Å². The van der Waals surface area contributed by atoms with E-state index >= 15 is 0 Å². The van der Waals surface area contributed by atoms with Crippen LogP contribution in [0.5, 0.6) is 0 Å². The Balaban J connectivity index is 1.74. The summed E-state index contributed by atoms with van der Waals surface area (Å²) in [7, 11) is 1.73. The Bertz CT molecular complexity index is 875. The second kappa shape index (κ2) is 8.75. The smallest absolute Gasteiger partial charge is 0.273 e. The van der Waals surface area contributed by atoms with Crippen LogP contribution in [0.3, 0.4) is 0 Å². The van der Waals surface area contributed by atoms with Gasteiger partial charge in [-0.1, -0.05) is 26.0 Å². The van der Waals surface area contributed by atoms with Crippen molar-refractivity contribution in [3.05, 3.63) is 47.3 Å². The number of morpholine rings is 1. The zero-order chi connectivity index (χ0) is 21.1. The molecule has 8 heteroatoms. The molecule has 8 nitrogen and oxygen atoms in total. The lowest BCUT2D eigenvalue weighted by Gasteiger charge is -2.41. The topological polar surface area (TPSA) is 96.7 Å². The summed E-state index contributed by atoms with van der Waals surface area (Å²) in [5.41, 5.74) is 2.74. The number of hydrogen-bond acceptors (Lipinski definition) is 5. The van der Waals surface area contributed by atoms with E-state index in [1.807, 2.05) is 32.9 Å². The molecule has 1 saturated heterocycles. The van der Waals surface area contributed by atoms with E-state index in [9.17, 15) is 14.7 Å². The maximum Gasteiger partial charge on any atom is 0.273 e. The number of hydrogen-bond donors (Lipinski definition) is 2. The van der Waals surface area contributed by atoms with E-state index in [2.05, 4.69) is 10.4 Å². The molecule has 1 fully saturated rings. The zero-order valence-corrected chi connectivity index (χ0v) is 17.3. The minimum atomic E-state index is -0.434. The standard InChI is InChI=1S/C21H28N4O4/c1-13(2)10-25-18(11-26)20(29-12-19(25)27)15-5-7-16(8-6-15)22-21(28)17-9-14(3)23-24(17)4/h5-9,13,18,20,26H,10-12H2,1-4H3,(H,22,28). The molecule has 1 aromatic carbocycles. The molecule has 2 N–H and O–H groups in total. The van der Waals surface area contributed by atoms with Crippen molar-refractivity contribution in [2.75, 3.05) is 25.1 Å². The summed E-state index contributed by atoms with van der Waals surface area (Å²) in [5.74, 6) is -0.0546. The number of aromatic nitrogens is 2. The number of aryl methyl sites for hydroxylation is 2. The van der Waals surface area contributed by atoms with Crippen molar-refractivity contribution in [1.82, 2.24) is 14.7 Å². The summed E-state index contributed by atoms with van der Waals surface area (Å²) in [6, 6.07) is 8.57. The fourth-order valence-corrected chi connectivity index (χ4v) is 3.62. The molecule has 2 amide bonds. The molecule has 2 atom stereocenters. The lowest BCUT2D eigenvalue weighted by atomic mass is 9.98. The highest BCUT2D eigenvalue weighted by molar-refractivity contribution is 6.03. The first-order valence-electron chi connectivity index (χ1n) is 9.74. The van der Waals surface area contributed by atoms with E-state index in [0.29, 0.717) is 23.8 Å². The number of nitrogens with zero attached hydrogens (tertiary/aromatic N) is 3. The molecule has 2 unspecified atom stereocenters. The van der Waals surface area contributed by atoms with Gasteiger partial charge in [-0.3, -0.25) is 14.3 Å². The predicted octanol–water partition coefficient (Wildman–Crippen LogP) is 1.90. The first kappa shape index (κ1) is 21.0. The van der Waals surface area contributed by atoms with E-state index in [1.165, 1.54) is 0 Å². The third kappa shape index (κ3) is 4.65. The first-order valence-corrected chi connectivity index (χ1v) is 9.74. The number of aliphatic hydroxyl groups is 1. The fraction of sp³-hybridized carbons (Fsp3) is 0.476. The van der Waals surface area contributed by atoms with Crippen LogP contribution in [0.2, 0.25) is 0 Å². The molecule has 1 aromatic heterocycles. The molecule has 2 aromatic rings. The maximum absolute atomic E-state index is 12.4. The average Bonchev–Trinajstić information content (AvgIpc) is 3.02. The monoisotopic (exact) mass is 400 g/mol. The summed E-state index contributed by atoms with van der Waals surface area (Å²) in [6.07, 6.45) is -0.416. The van der Waals surface area contributed by atoms with Crippen LogP contribution >= 0.6 is 0 Å². The van der Waals surface area contributed by atoms with Gasteiger partial charge in [0.1, 0.15) is 18.4 Å². The van der Waals surface area contributed by atoms with E-state index in [-0.39, 0.29) is 25.0 Å². The summed E-state index contributed by atoms with van der Waals surface area (Å²) in [6.45, 7) is 6.29. The molecular weight excluding hydrogens is 372 g/mol. The third-order valence-corrected chi connectivity index (χ3v) is 4.94. The minimum absolute atomic E-state index is 0.00772. The SMILES string of the molecule is Cc1cc(C(=O)Nc2ccc(C3OCC(=O)N(CC(C)C)C3CO)cc2)n(C)n1. The van der Waals surface area contributed by atoms with Crippen LogP contribution in [0.25, 0.3) is 0 Å². The van der Waals surface area contributed by atoms with Crippen LogP contribution in [0.1, 0.15) is 41.7 Å². The Hall–Kier alpha value is -2.71. The summed E-state index contributed by atoms with van der Waals surface area (Å²) < 4.78 is 7.29. The van der Waals surface area contributed by atoms with Crippen molar-refractivity contribution < 1.29 is 19.4 Å². The zero-order valence-electron chi connectivity index (χ0n) is 17.3. The lowest BCUT2D eigenvalue weighted by molar-refractivity contribution is -0.161. The van der Waals surface area contributed by atoms with Crippen molar-refractivity contribution in [1.29, 1.82) is 0 Å². The molecule has 0 radical (unpaired) electrons. The van der Waals surface area contributed by atoms with Gasteiger partial charge in [0.15, 0.2) is 0 Å². The van der Waals surface area contributed by atoms with Crippen LogP contribution < -0.4 is 5.32 Å². The number of amides is 2. The number of carbonyl (C=O) groups is 2. The van der Waals surface area contributed by atoms with Gasteiger partial charge in [-0.05, 0) is 36.6 Å². The van der Waals surface area contributed by atoms with Gasteiger partial charge >= 0.3 is 0 Å². The molecule has 0 spiro atoms. The van der Waals surface area contributed by atoms with E-state index in [1.54, 1.807) is 34.8 Å². The van der Waals surface area contributed by atoms with Gasteiger partial charge in [-0.15, -0.1) is 0 Å². The largest absolute Gasteiger partial charge is 0.394 e. The molecule has 29 heavy (non-hydrogen) atoms. The van der Waals surface area contributed by atoms with E-state index in [4.69, 9.17) is 4.74 Å². The van der Waals surface area contributed by atoms with Crippen molar-refractivity contribution in [2.45, 2.75) is 32.9 Å². The molecule has 3 rings (SSSR count). The van der Waals surface area contributed by atoms with Crippen LogP contribution in [0.4, 0.5) is 5.69 Å². The van der Waals surface area contributed by atoms with Crippen LogP contribution in [0.15, 0.2) is 30.3 Å². The van der Waals surface area contributed by atoms with Crippen LogP contribution in [-0.2, 0) is 16.6 Å². The molecule has 156 valence electrons. The third-order valence-electron chi connectivity index (χ3n) is 4.94. The van der Waals surface area contributed by atoms with E-state index < -0.39 is 12.1 Å². The molecule has 0 bridgehead atoms. The number of benzene rings is 1. The number of carbonyl (C=O) groups excluding carboxylic acids is 2. The average molecular weight is 400 g/mol. The Kier molecular flexibility index (Phi) is 6.34. The summed E-state index contributed by atoms with van der Waals surface area (Å²) >= 11 is 0. The van der Waals surface area contributed by atoms with Gasteiger partial charge in [0.2, 0.25) is 5.91 Å². The van der Waals surface area contributed by atoms with Gasteiger partial charge < -0.3 is 20.1 Å². The van der Waals surface area contributed by atoms with Gasteiger partial charge in [0.05, 0.1) is 18.3 Å². The first-order chi connectivity index (χ1) is 13.8. The van der Waals surface area contributed by atoms with Crippen LogP contribution in [0, 0.1) is 12.8 Å². The lowest BCUT2D eigenvalue weighted by Crippen LogP contribution is -2.53. The van der Waals surface area contributed by atoms with Gasteiger partial charge in [-0.25, -0.2) is 0 Å². The van der Waals surface area contributed by atoms with Crippen molar-refractivity contribution in [3.63, 3.8) is 0 Å². The highest BCUT2D eigenvalue weighted by Gasteiger charge is 2.37. The molecule has 0 aliphatic carbocycles. The quantitative estimate of drug-likeness (QED) is 0.772. The van der Waals surface area contributed by atoms with Crippen molar-refractivity contribution in [3.8, 4) is 0 Å². The molecule has 0 saturated carbocycles. The number of nitrogens with one attached hydrogen (secondary N) is 1. The minimum Gasteiger partial charge on any atom is -0.394 e. The predicted molar refractivity (Wildman–Crippen MR) is 108 cm³/mol. The Morgan fingerprint density at radius 3 is 2.59 bits per heavy atom. The number of anilines is 1. The molecule has 1 aliphatic rings. The van der Waals surface area contributed by atoms with Crippen LogP contribution in [-0.4, -0.2) is 57.4 Å². The highest BCUT2D eigenvalue weighted by atomic mass is 16.5. The normalized spacial score (nSPS) is 19.7. The maximum atomic E-state index is 12.4. The van der Waals surface area contributed by atoms with Crippen molar-refractivity contribution >= 4 is 17.5 Å². The fourth-order valence-electron chi connectivity index (χ4n) is 3.62. The number of aliphatic hydroxyl groups excluding tert-OH is 1. The number of rotatable bonds is 6. The Labute approximate surface area is 170 Å². The summed E-state index contributed by atoms with van der Waals surface area (Å²) in [4.78, 5) is 26.4. The second-order valence-electron chi connectivity index (χ2n) is 7.79. The number of ether oxygens (including phenoxy) is 1. The Morgan fingerprint density at radius 1 is 1.34 bits per heavy atom. The molecule has 2 heterocycles. The van der Waals surface area contributed by atoms with Gasteiger partial charge in [0.25, 0.3) is 5.91 Å². The van der Waals surface area contributed by atoms with E-state index in [0.717, 1.165) is 11.3 Å². The molecular formula is C21H28N4O4. The Morgan fingerprint density at radius 2 is 2.03 bits per heavy atom. The molecule has 1 aliphatic heterocycles. The van der Waals surface area contributed by atoms with Gasteiger partial charge in [0, 0.05) is 19.3 Å². The second-order valence-corrected chi connectivity index (χ2v) is 7.79. The van der Waals surface area contributed by atoms with Crippen molar-refractivity contribution in [2.24, 2.45) is 13.0 Å². The summed E-state index contributed by atoms with van der Waals surface area (Å²) in [5, 5.41) is 17.0.